The fourth-order valence-corrected chi connectivity index (χ4v) is 2.57. The molecule has 1 aromatic carbocycles. The molecule has 17 heavy (non-hydrogen) atoms. The molecule has 0 heterocycles. The summed E-state index contributed by atoms with van der Waals surface area (Å²) < 4.78 is 17.1. The van der Waals surface area contributed by atoms with Crippen LogP contribution in [0.3, 0.4) is 0 Å². The summed E-state index contributed by atoms with van der Waals surface area (Å²) in [5, 5.41) is 0. The molecule has 2 N–H and O–H groups in total. The van der Waals surface area contributed by atoms with Gasteiger partial charge in [0.15, 0.2) is 11.5 Å². The molecular weight excluding hydrogens is 333 g/mol. The van der Waals surface area contributed by atoms with Crippen molar-refractivity contribution in [1.82, 2.24) is 0 Å². The Hall–Kier alpha value is -0.690. The van der Waals surface area contributed by atoms with Gasteiger partial charge in [-0.25, -0.2) is 0 Å². The van der Waals surface area contributed by atoms with E-state index < -0.39 is 0 Å². The maximum atomic E-state index is 5.86. The SMILES string of the molecule is COc1cc(I)c(OC)c(C[C@H](C)N)c1OC. The molecule has 0 saturated heterocycles. The van der Waals surface area contributed by atoms with Gasteiger partial charge < -0.3 is 19.9 Å². The van der Waals surface area contributed by atoms with Crippen LogP contribution in [0.25, 0.3) is 0 Å². The van der Waals surface area contributed by atoms with Gasteiger partial charge >= 0.3 is 0 Å². The molecule has 1 atom stereocenters. The molecule has 0 aromatic heterocycles. The predicted molar refractivity (Wildman–Crippen MR) is 76.2 cm³/mol. The maximum Gasteiger partial charge on any atom is 0.167 e. The Morgan fingerprint density at radius 1 is 1.18 bits per heavy atom. The lowest BCUT2D eigenvalue weighted by molar-refractivity contribution is 0.341. The van der Waals surface area contributed by atoms with E-state index in [2.05, 4.69) is 22.6 Å². The van der Waals surface area contributed by atoms with Crippen molar-refractivity contribution in [3.63, 3.8) is 0 Å². The maximum absolute atomic E-state index is 5.86. The zero-order chi connectivity index (χ0) is 13.0. The molecule has 1 aromatic rings. The second-order valence-corrected chi connectivity index (χ2v) is 4.95. The van der Waals surface area contributed by atoms with Crippen LogP contribution in [0.2, 0.25) is 0 Å². The normalized spacial score (nSPS) is 12.1. The molecule has 96 valence electrons. The van der Waals surface area contributed by atoms with Crippen molar-refractivity contribution >= 4 is 22.6 Å². The lowest BCUT2D eigenvalue weighted by atomic mass is 10.0. The number of benzene rings is 1. The Morgan fingerprint density at radius 3 is 2.18 bits per heavy atom. The van der Waals surface area contributed by atoms with E-state index in [0.29, 0.717) is 17.9 Å². The first-order valence-corrected chi connectivity index (χ1v) is 6.35. The first kappa shape index (κ1) is 14.4. The van der Waals surface area contributed by atoms with Gasteiger partial charge in [-0.2, -0.15) is 0 Å². The minimum Gasteiger partial charge on any atom is -0.495 e. The zero-order valence-electron chi connectivity index (χ0n) is 10.5. The molecule has 0 unspecified atom stereocenters. The van der Waals surface area contributed by atoms with Crippen LogP contribution >= 0.6 is 22.6 Å². The topological polar surface area (TPSA) is 53.7 Å². The average Bonchev–Trinajstić information content (AvgIpc) is 2.28. The van der Waals surface area contributed by atoms with Gasteiger partial charge in [-0.05, 0) is 35.9 Å². The van der Waals surface area contributed by atoms with Gasteiger partial charge in [0.25, 0.3) is 0 Å². The number of hydrogen-bond donors (Lipinski definition) is 1. The molecule has 0 amide bonds. The van der Waals surface area contributed by atoms with Crippen molar-refractivity contribution < 1.29 is 14.2 Å². The second-order valence-electron chi connectivity index (χ2n) is 3.79. The van der Waals surface area contributed by atoms with Crippen molar-refractivity contribution in [2.45, 2.75) is 19.4 Å². The minimum atomic E-state index is 0.0284. The van der Waals surface area contributed by atoms with Crippen molar-refractivity contribution in [3.05, 3.63) is 15.2 Å². The van der Waals surface area contributed by atoms with E-state index in [-0.39, 0.29) is 6.04 Å². The number of halogens is 1. The van der Waals surface area contributed by atoms with E-state index in [1.165, 1.54) is 0 Å². The van der Waals surface area contributed by atoms with E-state index in [1.807, 2.05) is 13.0 Å². The molecule has 0 spiro atoms. The van der Waals surface area contributed by atoms with Gasteiger partial charge in [-0.15, -0.1) is 0 Å². The molecule has 0 radical (unpaired) electrons. The molecule has 0 aliphatic heterocycles. The van der Waals surface area contributed by atoms with Crippen LogP contribution < -0.4 is 19.9 Å². The third-order valence-corrected chi connectivity index (χ3v) is 3.20. The zero-order valence-corrected chi connectivity index (χ0v) is 12.7. The Bertz CT molecular complexity index is 394. The van der Waals surface area contributed by atoms with Crippen LogP contribution in [-0.2, 0) is 6.42 Å². The van der Waals surface area contributed by atoms with Crippen LogP contribution in [0.15, 0.2) is 6.07 Å². The monoisotopic (exact) mass is 351 g/mol. The van der Waals surface area contributed by atoms with Gasteiger partial charge in [0, 0.05) is 17.7 Å². The summed E-state index contributed by atoms with van der Waals surface area (Å²) in [5.74, 6) is 2.20. The lowest BCUT2D eigenvalue weighted by Gasteiger charge is -2.18. The molecule has 0 bridgehead atoms. The predicted octanol–water partition coefficient (Wildman–Crippen LogP) is 2.21. The fraction of sp³-hybridized carbons (Fsp3) is 0.500. The Morgan fingerprint density at radius 2 is 1.76 bits per heavy atom. The molecule has 0 saturated carbocycles. The van der Waals surface area contributed by atoms with E-state index in [9.17, 15) is 0 Å². The summed E-state index contributed by atoms with van der Waals surface area (Å²) in [5.41, 5.74) is 6.81. The summed E-state index contributed by atoms with van der Waals surface area (Å²) in [6.45, 7) is 1.95. The smallest absolute Gasteiger partial charge is 0.167 e. The highest BCUT2D eigenvalue weighted by molar-refractivity contribution is 14.1. The third kappa shape index (κ3) is 3.16. The van der Waals surface area contributed by atoms with Crippen LogP contribution in [0.4, 0.5) is 0 Å². The van der Waals surface area contributed by atoms with E-state index in [1.54, 1.807) is 21.3 Å². The van der Waals surface area contributed by atoms with Gasteiger partial charge in [-0.3, -0.25) is 0 Å². The summed E-state index contributed by atoms with van der Waals surface area (Å²) in [6.07, 6.45) is 0.680. The number of hydrogen-bond acceptors (Lipinski definition) is 4. The Balaban J connectivity index is 3.41. The Kier molecular flexibility index (Phi) is 5.32. The summed E-state index contributed by atoms with van der Waals surface area (Å²) in [4.78, 5) is 0. The van der Waals surface area contributed by atoms with Crippen molar-refractivity contribution in [3.8, 4) is 17.2 Å². The molecule has 4 nitrogen and oxygen atoms in total. The van der Waals surface area contributed by atoms with E-state index in [4.69, 9.17) is 19.9 Å². The quantitative estimate of drug-likeness (QED) is 0.827. The number of nitrogens with two attached hydrogens (primary N) is 1. The van der Waals surface area contributed by atoms with Gasteiger partial charge in [0.1, 0.15) is 5.75 Å². The van der Waals surface area contributed by atoms with Crippen molar-refractivity contribution in [2.75, 3.05) is 21.3 Å². The first-order valence-electron chi connectivity index (χ1n) is 5.28. The fourth-order valence-electron chi connectivity index (χ4n) is 1.75. The third-order valence-electron chi connectivity index (χ3n) is 2.40. The van der Waals surface area contributed by atoms with Gasteiger partial charge in [0.05, 0.1) is 24.9 Å². The molecular formula is C12H18INO3. The highest BCUT2D eigenvalue weighted by Gasteiger charge is 2.20. The first-order chi connectivity index (χ1) is 8.04. The highest BCUT2D eigenvalue weighted by Crippen LogP contribution is 2.41. The highest BCUT2D eigenvalue weighted by atomic mass is 127. The molecule has 0 fully saturated rings. The van der Waals surface area contributed by atoms with Crippen LogP contribution in [0.1, 0.15) is 12.5 Å². The number of rotatable bonds is 5. The minimum absolute atomic E-state index is 0.0284. The van der Waals surface area contributed by atoms with Gasteiger partial charge in [-0.1, -0.05) is 0 Å². The van der Waals surface area contributed by atoms with Gasteiger partial charge in [0.2, 0.25) is 0 Å². The van der Waals surface area contributed by atoms with E-state index >= 15 is 0 Å². The van der Waals surface area contributed by atoms with E-state index in [0.717, 1.165) is 14.9 Å². The largest absolute Gasteiger partial charge is 0.495 e. The number of methoxy groups -OCH3 is 3. The van der Waals surface area contributed by atoms with Crippen LogP contribution in [0, 0.1) is 3.57 Å². The summed E-state index contributed by atoms with van der Waals surface area (Å²) in [7, 11) is 4.89. The van der Waals surface area contributed by atoms with Crippen LogP contribution in [-0.4, -0.2) is 27.4 Å². The Labute approximate surface area is 116 Å². The molecule has 1 rings (SSSR count). The van der Waals surface area contributed by atoms with Crippen molar-refractivity contribution in [1.29, 1.82) is 0 Å². The van der Waals surface area contributed by atoms with Crippen molar-refractivity contribution in [2.24, 2.45) is 5.73 Å². The standard InChI is InChI=1S/C12H18INO3/c1-7(14)5-8-11(16-3)9(13)6-10(15-2)12(8)17-4/h6-7H,5,14H2,1-4H3/t7-/m0/s1. The molecule has 5 heteroatoms. The molecule has 0 aliphatic rings. The summed E-state index contributed by atoms with van der Waals surface area (Å²) in [6, 6.07) is 1.92. The molecule has 0 aliphatic carbocycles. The lowest BCUT2D eigenvalue weighted by Crippen LogP contribution is -2.19. The second kappa shape index (κ2) is 6.30. The van der Waals surface area contributed by atoms with Crippen LogP contribution in [0.5, 0.6) is 17.2 Å². The summed E-state index contributed by atoms with van der Waals surface area (Å²) >= 11 is 2.21. The average molecular weight is 351 g/mol. The number of ether oxygens (including phenoxy) is 3.